The Bertz CT molecular complexity index is 488. The molecule has 2 amide bonds. The van der Waals surface area contributed by atoms with Crippen LogP contribution in [0.5, 0.6) is 0 Å². The number of carbonyl (C=O) groups excluding carboxylic acids is 2. The summed E-state index contributed by atoms with van der Waals surface area (Å²) in [6, 6.07) is 0. The number of H-pyrrole nitrogens is 1. The van der Waals surface area contributed by atoms with Crippen LogP contribution in [0, 0.1) is 0 Å². The first-order valence-electron chi connectivity index (χ1n) is 7.44. The number of aromatic amines is 1. The zero-order chi connectivity index (χ0) is 17.7. The summed E-state index contributed by atoms with van der Waals surface area (Å²) >= 11 is 0. The molecular formula is C14H25N5O4. The molecule has 23 heavy (non-hydrogen) atoms. The highest BCUT2D eigenvalue weighted by atomic mass is 16.6. The van der Waals surface area contributed by atoms with E-state index in [4.69, 9.17) is 9.47 Å². The van der Waals surface area contributed by atoms with Gasteiger partial charge in [-0.1, -0.05) is 5.21 Å². The zero-order valence-corrected chi connectivity index (χ0v) is 14.5. The van der Waals surface area contributed by atoms with Gasteiger partial charge in [0, 0.05) is 13.0 Å². The lowest BCUT2D eigenvalue weighted by Crippen LogP contribution is -2.44. The van der Waals surface area contributed by atoms with Gasteiger partial charge in [-0.05, 0) is 48.0 Å². The average Bonchev–Trinajstić information content (AvgIpc) is 2.82. The number of imide groups is 1. The van der Waals surface area contributed by atoms with Gasteiger partial charge in [0.05, 0.1) is 0 Å². The summed E-state index contributed by atoms with van der Waals surface area (Å²) in [5.41, 5.74) is -1.41. The number of nitrogens with zero attached hydrogens (tertiary/aromatic N) is 4. The summed E-state index contributed by atoms with van der Waals surface area (Å²) < 4.78 is 10.5. The van der Waals surface area contributed by atoms with E-state index in [9.17, 15) is 9.59 Å². The first-order valence-corrected chi connectivity index (χ1v) is 7.44. The van der Waals surface area contributed by atoms with Gasteiger partial charge in [0.15, 0.2) is 5.82 Å². The fourth-order valence-electron chi connectivity index (χ4n) is 1.57. The van der Waals surface area contributed by atoms with E-state index in [0.29, 0.717) is 18.7 Å². The third kappa shape index (κ3) is 7.57. The number of nitrogens with one attached hydrogen (secondary N) is 1. The molecule has 1 N–H and O–H groups in total. The van der Waals surface area contributed by atoms with Crippen molar-refractivity contribution >= 4 is 12.2 Å². The van der Waals surface area contributed by atoms with Crippen LogP contribution in [0.1, 0.15) is 53.8 Å². The normalized spacial score (nSPS) is 11.9. The van der Waals surface area contributed by atoms with Gasteiger partial charge in [0.1, 0.15) is 11.2 Å². The van der Waals surface area contributed by atoms with Crippen molar-refractivity contribution in [1.82, 2.24) is 25.5 Å². The maximum absolute atomic E-state index is 12.2. The SMILES string of the molecule is CC(C)(C)OC(=O)N(CCCc1nn[nH]n1)C(=O)OC(C)(C)C. The van der Waals surface area contributed by atoms with E-state index < -0.39 is 23.4 Å². The molecule has 0 aliphatic rings. The molecule has 1 aromatic heterocycles. The van der Waals surface area contributed by atoms with Gasteiger partial charge in [0.2, 0.25) is 0 Å². The first-order chi connectivity index (χ1) is 10.5. The standard InChI is InChI=1S/C14H25N5O4/c1-13(2,3)22-11(20)19(12(21)23-14(4,5)6)9-7-8-10-15-17-18-16-10/h7-9H2,1-6H3,(H,15,16,17,18). The van der Waals surface area contributed by atoms with E-state index in [0.717, 1.165) is 4.90 Å². The number of hydrogen-bond acceptors (Lipinski definition) is 7. The molecule has 9 nitrogen and oxygen atoms in total. The van der Waals surface area contributed by atoms with Crippen LogP contribution < -0.4 is 0 Å². The van der Waals surface area contributed by atoms with Crippen molar-refractivity contribution < 1.29 is 19.1 Å². The highest BCUT2D eigenvalue weighted by molar-refractivity contribution is 5.88. The van der Waals surface area contributed by atoms with Gasteiger partial charge < -0.3 is 9.47 Å². The monoisotopic (exact) mass is 327 g/mol. The van der Waals surface area contributed by atoms with Crippen LogP contribution in [0.15, 0.2) is 0 Å². The molecule has 1 heterocycles. The molecule has 0 unspecified atom stereocenters. The molecule has 0 fully saturated rings. The van der Waals surface area contributed by atoms with Gasteiger partial charge in [-0.15, -0.1) is 10.2 Å². The van der Waals surface area contributed by atoms with E-state index >= 15 is 0 Å². The lowest BCUT2D eigenvalue weighted by Gasteiger charge is -2.28. The maximum Gasteiger partial charge on any atom is 0.419 e. The Morgan fingerprint density at radius 2 is 1.57 bits per heavy atom. The lowest BCUT2D eigenvalue weighted by atomic mass is 10.2. The second kappa shape index (κ2) is 7.38. The summed E-state index contributed by atoms with van der Waals surface area (Å²) in [6.07, 6.45) is -0.531. The molecular weight excluding hydrogens is 302 g/mol. The molecule has 0 saturated heterocycles. The van der Waals surface area contributed by atoms with Crippen LogP contribution in [-0.2, 0) is 15.9 Å². The molecule has 0 radical (unpaired) electrons. The molecule has 0 bridgehead atoms. The quantitative estimate of drug-likeness (QED) is 0.903. The van der Waals surface area contributed by atoms with E-state index in [-0.39, 0.29) is 6.54 Å². The smallest absolute Gasteiger partial charge is 0.419 e. The number of hydrogen-bond donors (Lipinski definition) is 1. The predicted octanol–water partition coefficient (Wildman–Crippen LogP) is 2.30. The van der Waals surface area contributed by atoms with Crippen molar-refractivity contribution in [3.05, 3.63) is 5.82 Å². The van der Waals surface area contributed by atoms with Crippen molar-refractivity contribution in [2.45, 2.75) is 65.6 Å². The predicted molar refractivity (Wildman–Crippen MR) is 81.7 cm³/mol. The molecule has 1 rings (SSSR count). The second-order valence-corrected chi connectivity index (χ2v) is 7.04. The fourth-order valence-corrected chi connectivity index (χ4v) is 1.57. The van der Waals surface area contributed by atoms with Crippen LogP contribution in [0.4, 0.5) is 9.59 Å². The Morgan fingerprint density at radius 3 is 1.96 bits per heavy atom. The summed E-state index contributed by atoms with van der Waals surface area (Å²) in [4.78, 5) is 25.4. The molecule has 9 heteroatoms. The minimum atomic E-state index is -0.736. The highest BCUT2D eigenvalue weighted by Gasteiger charge is 2.30. The highest BCUT2D eigenvalue weighted by Crippen LogP contribution is 2.15. The number of aryl methyl sites for hydroxylation is 1. The van der Waals surface area contributed by atoms with E-state index in [1.807, 2.05) is 0 Å². The summed E-state index contributed by atoms with van der Waals surface area (Å²) in [6.45, 7) is 10.5. The first kappa shape index (κ1) is 18.9. The largest absolute Gasteiger partial charge is 0.443 e. The van der Waals surface area contributed by atoms with Gasteiger partial charge >= 0.3 is 12.2 Å². The molecule has 0 saturated carbocycles. The minimum absolute atomic E-state index is 0.137. The maximum atomic E-state index is 12.2. The molecule has 0 aromatic carbocycles. The number of carbonyl (C=O) groups is 2. The number of rotatable bonds is 4. The van der Waals surface area contributed by atoms with Gasteiger partial charge in [0.25, 0.3) is 0 Å². The van der Waals surface area contributed by atoms with Gasteiger partial charge in [-0.2, -0.15) is 5.21 Å². The molecule has 130 valence electrons. The lowest BCUT2D eigenvalue weighted by molar-refractivity contribution is 0.00128. The van der Waals surface area contributed by atoms with Crippen molar-refractivity contribution in [3.63, 3.8) is 0 Å². The van der Waals surface area contributed by atoms with Crippen LogP contribution in [0.25, 0.3) is 0 Å². The van der Waals surface area contributed by atoms with Crippen molar-refractivity contribution in [2.24, 2.45) is 0 Å². The Labute approximate surface area is 135 Å². The number of ether oxygens (including phenoxy) is 2. The Kier molecular flexibility index (Phi) is 6.05. The topological polar surface area (TPSA) is 110 Å². The van der Waals surface area contributed by atoms with Crippen LogP contribution in [0.3, 0.4) is 0 Å². The third-order valence-corrected chi connectivity index (χ3v) is 2.40. The zero-order valence-electron chi connectivity index (χ0n) is 14.5. The number of aromatic nitrogens is 4. The molecule has 1 aromatic rings. The Morgan fingerprint density at radius 1 is 1.04 bits per heavy atom. The Hall–Kier alpha value is -2.19. The second-order valence-electron chi connectivity index (χ2n) is 7.04. The van der Waals surface area contributed by atoms with Crippen molar-refractivity contribution in [1.29, 1.82) is 0 Å². The summed E-state index contributed by atoms with van der Waals surface area (Å²) in [5.74, 6) is 0.512. The molecule has 0 aliphatic heterocycles. The minimum Gasteiger partial charge on any atom is -0.443 e. The van der Waals surface area contributed by atoms with E-state index in [1.165, 1.54) is 0 Å². The van der Waals surface area contributed by atoms with Crippen molar-refractivity contribution in [3.8, 4) is 0 Å². The number of tetrazole rings is 1. The van der Waals surface area contributed by atoms with Crippen LogP contribution in [0.2, 0.25) is 0 Å². The van der Waals surface area contributed by atoms with Crippen LogP contribution >= 0.6 is 0 Å². The average molecular weight is 327 g/mol. The third-order valence-electron chi connectivity index (χ3n) is 2.40. The molecule has 0 atom stereocenters. The van der Waals surface area contributed by atoms with Gasteiger partial charge in [-0.25, -0.2) is 14.5 Å². The molecule has 0 aliphatic carbocycles. The van der Waals surface area contributed by atoms with E-state index in [1.54, 1.807) is 41.5 Å². The number of amides is 2. The summed E-state index contributed by atoms with van der Waals surface area (Å²) in [5, 5.41) is 13.4. The Balaban J connectivity index is 2.70. The van der Waals surface area contributed by atoms with E-state index in [2.05, 4.69) is 20.6 Å². The summed E-state index contributed by atoms with van der Waals surface area (Å²) in [7, 11) is 0. The van der Waals surface area contributed by atoms with Gasteiger partial charge in [-0.3, -0.25) is 0 Å². The van der Waals surface area contributed by atoms with Crippen molar-refractivity contribution in [2.75, 3.05) is 6.54 Å². The molecule has 0 spiro atoms. The van der Waals surface area contributed by atoms with Crippen LogP contribution in [-0.4, -0.2) is 55.5 Å². The fraction of sp³-hybridized carbons (Fsp3) is 0.786.